The summed E-state index contributed by atoms with van der Waals surface area (Å²) in [5.41, 5.74) is 3.84. The predicted molar refractivity (Wildman–Crippen MR) is 77.4 cm³/mol. The molecular formula is C15H26N2O. The first-order valence-corrected chi connectivity index (χ1v) is 6.52. The van der Waals surface area contributed by atoms with Crippen molar-refractivity contribution in [1.82, 2.24) is 10.2 Å². The molecule has 0 fully saturated rings. The SMILES string of the molecule is CCNC(CN(C)C)c1cc(C)c(OC)cc1C. The molecule has 1 atom stereocenters. The summed E-state index contributed by atoms with van der Waals surface area (Å²) < 4.78 is 5.37. The number of nitrogens with zero attached hydrogens (tertiary/aromatic N) is 1. The highest BCUT2D eigenvalue weighted by atomic mass is 16.5. The Labute approximate surface area is 111 Å². The van der Waals surface area contributed by atoms with Crippen LogP contribution in [-0.2, 0) is 0 Å². The van der Waals surface area contributed by atoms with Gasteiger partial charge in [-0.05, 0) is 57.2 Å². The van der Waals surface area contributed by atoms with E-state index in [1.807, 2.05) is 0 Å². The van der Waals surface area contributed by atoms with Crippen molar-refractivity contribution in [2.24, 2.45) is 0 Å². The molecule has 0 heterocycles. The van der Waals surface area contributed by atoms with Crippen LogP contribution in [0.5, 0.6) is 5.75 Å². The van der Waals surface area contributed by atoms with Gasteiger partial charge in [-0.15, -0.1) is 0 Å². The van der Waals surface area contributed by atoms with Crippen LogP contribution in [0.2, 0.25) is 0 Å². The van der Waals surface area contributed by atoms with Gasteiger partial charge in [0.1, 0.15) is 5.75 Å². The second-order valence-corrected chi connectivity index (χ2v) is 5.05. The monoisotopic (exact) mass is 250 g/mol. The van der Waals surface area contributed by atoms with E-state index in [0.717, 1.165) is 18.8 Å². The van der Waals surface area contributed by atoms with Gasteiger partial charge >= 0.3 is 0 Å². The lowest BCUT2D eigenvalue weighted by Crippen LogP contribution is -2.31. The molecule has 1 unspecified atom stereocenters. The number of ether oxygens (including phenoxy) is 1. The van der Waals surface area contributed by atoms with Crippen molar-refractivity contribution in [3.8, 4) is 5.75 Å². The van der Waals surface area contributed by atoms with E-state index in [4.69, 9.17) is 4.74 Å². The van der Waals surface area contributed by atoms with Crippen LogP contribution in [-0.4, -0.2) is 39.2 Å². The standard InChI is InChI=1S/C15H26N2O/c1-7-16-14(10-17(4)5)13-8-12(3)15(18-6)9-11(13)2/h8-9,14,16H,7,10H2,1-6H3. The Morgan fingerprint density at radius 1 is 1.22 bits per heavy atom. The zero-order valence-corrected chi connectivity index (χ0v) is 12.5. The molecule has 0 aromatic heterocycles. The van der Waals surface area contributed by atoms with E-state index in [1.165, 1.54) is 16.7 Å². The molecule has 0 saturated heterocycles. The highest BCUT2D eigenvalue weighted by Crippen LogP contribution is 2.26. The quantitative estimate of drug-likeness (QED) is 0.839. The van der Waals surface area contributed by atoms with Crippen molar-refractivity contribution in [2.75, 3.05) is 34.3 Å². The summed E-state index contributed by atoms with van der Waals surface area (Å²) in [5.74, 6) is 0.969. The van der Waals surface area contributed by atoms with Gasteiger partial charge in [-0.2, -0.15) is 0 Å². The van der Waals surface area contributed by atoms with E-state index in [2.05, 4.69) is 57.2 Å². The van der Waals surface area contributed by atoms with Gasteiger partial charge in [-0.3, -0.25) is 0 Å². The van der Waals surface area contributed by atoms with Crippen LogP contribution >= 0.6 is 0 Å². The zero-order valence-electron chi connectivity index (χ0n) is 12.5. The molecule has 3 heteroatoms. The van der Waals surface area contributed by atoms with Gasteiger partial charge in [0.15, 0.2) is 0 Å². The van der Waals surface area contributed by atoms with Crippen molar-refractivity contribution >= 4 is 0 Å². The summed E-state index contributed by atoms with van der Waals surface area (Å²) in [6, 6.07) is 4.74. The molecule has 0 aliphatic heterocycles. The summed E-state index contributed by atoms with van der Waals surface area (Å²) in [4.78, 5) is 2.21. The van der Waals surface area contributed by atoms with Crippen molar-refractivity contribution in [1.29, 1.82) is 0 Å². The van der Waals surface area contributed by atoms with Gasteiger partial charge in [-0.25, -0.2) is 0 Å². The number of nitrogens with one attached hydrogen (secondary N) is 1. The molecule has 0 spiro atoms. The molecule has 0 bridgehead atoms. The number of benzene rings is 1. The van der Waals surface area contributed by atoms with E-state index >= 15 is 0 Å². The molecule has 0 amide bonds. The fourth-order valence-electron chi connectivity index (χ4n) is 2.29. The van der Waals surface area contributed by atoms with Gasteiger partial charge in [0.2, 0.25) is 0 Å². The Kier molecular flexibility index (Phi) is 5.63. The summed E-state index contributed by atoms with van der Waals surface area (Å²) in [6.07, 6.45) is 0. The maximum absolute atomic E-state index is 5.37. The fraction of sp³-hybridized carbons (Fsp3) is 0.600. The molecule has 18 heavy (non-hydrogen) atoms. The first-order chi connectivity index (χ1) is 8.49. The molecule has 0 aliphatic carbocycles. The Bertz CT molecular complexity index is 388. The summed E-state index contributed by atoms with van der Waals surface area (Å²) in [6.45, 7) is 8.37. The molecule has 1 aromatic rings. The molecule has 1 N–H and O–H groups in total. The highest BCUT2D eigenvalue weighted by Gasteiger charge is 2.15. The molecule has 1 aromatic carbocycles. The molecule has 0 saturated carbocycles. The molecule has 102 valence electrons. The first-order valence-electron chi connectivity index (χ1n) is 6.52. The second-order valence-electron chi connectivity index (χ2n) is 5.05. The lowest BCUT2D eigenvalue weighted by Gasteiger charge is -2.24. The van der Waals surface area contributed by atoms with Crippen molar-refractivity contribution < 1.29 is 4.74 Å². The second kappa shape index (κ2) is 6.76. The van der Waals surface area contributed by atoms with Crippen molar-refractivity contribution in [2.45, 2.75) is 26.8 Å². The highest BCUT2D eigenvalue weighted by molar-refractivity contribution is 5.43. The van der Waals surface area contributed by atoms with Gasteiger partial charge in [0.05, 0.1) is 7.11 Å². The smallest absolute Gasteiger partial charge is 0.122 e. The van der Waals surface area contributed by atoms with Crippen LogP contribution in [0.15, 0.2) is 12.1 Å². The van der Waals surface area contributed by atoms with E-state index in [9.17, 15) is 0 Å². The van der Waals surface area contributed by atoms with Crippen LogP contribution in [0.3, 0.4) is 0 Å². The fourth-order valence-corrected chi connectivity index (χ4v) is 2.29. The minimum Gasteiger partial charge on any atom is -0.496 e. The number of aryl methyl sites for hydroxylation is 2. The van der Waals surface area contributed by atoms with E-state index in [-0.39, 0.29) is 0 Å². The molecule has 1 rings (SSSR count). The van der Waals surface area contributed by atoms with Crippen LogP contribution in [0.1, 0.15) is 29.7 Å². The van der Waals surface area contributed by atoms with Gasteiger partial charge < -0.3 is 15.0 Å². The van der Waals surface area contributed by atoms with Crippen LogP contribution in [0.25, 0.3) is 0 Å². The van der Waals surface area contributed by atoms with Crippen molar-refractivity contribution in [3.05, 3.63) is 28.8 Å². The number of hydrogen-bond acceptors (Lipinski definition) is 3. The van der Waals surface area contributed by atoms with Gasteiger partial charge in [0, 0.05) is 12.6 Å². The van der Waals surface area contributed by atoms with Gasteiger partial charge in [-0.1, -0.05) is 13.0 Å². The first kappa shape index (κ1) is 15.0. The topological polar surface area (TPSA) is 24.5 Å². The minimum atomic E-state index is 0.370. The van der Waals surface area contributed by atoms with Gasteiger partial charge in [0.25, 0.3) is 0 Å². The Hall–Kier alpha value is -1.06. The molecular weight excluding hydrogens is 224 g/mol. The Morgan fingerprint density at radius 3 is 2.39 bits per heavy atom. The third-order valence-electron chi connectivity index (χ3n) is 3.16. The summed E-state index contributed by atoms with van der Waals surface area (Å²) >= 11 is 0. The summed E-state index contributed by atoms with van der Waals surface area (Å²) in [5, 5.41) is 3.55. The van der Waals surface area contributed by atoms with E-state index < -0.39 is 0 Å². The third-order valence-corrected chi connectivity index (χ3v) is 3.16. The van der Waals surface area contributed by atoms with Crippen LogP contribution in [0.4, 0.5) is 0 Å². The number of hydrogen-bond donors (Lipinski definition) is 1. The molecule has 3 nitrogen and oxygen atoms in total. The molecule has 0 aliphatic rings. The van der Waals surface area contributed by atoms with Crippen LogP contribution in [0, 0.1) is 13.8 Å². The Morgan fingerprint density at radius 2 is 1.89 bits per heavy atom. The largest absolute Gasteiger partial charge is 0.496 e. The van der Waals surface area contributed by atoms with Crippen LogP contribution < -0.4 is 10.1 Å². The normalized spacial score (nSPS) is 12.8. The van der Waals surface area contributed by atoms with E-state index in [1.54, 1.807) is 7.11 Å². The van der Waals surface area contributed by atoms with Crippen molar-refractivity contribution in [3.63, 3.8) is 0 Å². The average Bonchev–Trinajstić information content (AvgIpc) is 2.30. The third kappa shape index (κ3) is 3.72. The Balaban J connectivity index is 3.07. The summed E-state index contributed by atoms with van der Waals surface area (Å²) in [7, 11) is 5.94. The lowest BCUT2D eigenvalue weighted by atomic mass is 9.97. The maximum atomic E-state index is 5.37. The predicted octanol–water partition coefficient (Wildman–Crippen LogP) is 2.52. The maximum Gasteiger partial charge on any atom is 0.122 e. The average molecular weight is 250 g/mol. The zero-order chi connectivity index (χ0) is 13.7. The minimum absolute atomic E-state index is 0.370. The lowest BCUT2D eigenvalue weighted by molar-refractivity contribution is 0.344. The number of methoxy groups -OCH3 is 1. The number of rotatable bonds is 6. The molecule has 0 radical (unpaired) electrons. The number of likely N-dealkylation sites (N-methyl/N-ethyl adjacent to an activating group) is 2. The van der Waals surface area contributed by atoms with E-state index in [0.29, 0.717) is 6.04 Å².